The molecule has 0 N–H and O–H groups in total. The summed E-state index contributed by atoms with van der Waals surface area (Å²) < 4.78 is 0. The molecule has 1 heterocycles. The van der Waals surface area contributed by atoms with E-state index in [0.717, 1.165) is 28.8 Å². The minimum Gasteiger partial charge on any atom is -0.857 e. The summed E-state index contributed by atoms with van der Waals surface area (Å²) >= 11 is 0. The van der Waals surface area contributed by atoms with E-state index in [1.807, 2.05) is 0 Å². The maximum atomic E-state index is 8.25. The first kappa shape index (κ1) is 19.2. The summed E-state index contributed by atoms with van der Waals surface area (Å²) in [6.07, 6.45) is 7.71. The number of hydrogen-bond donors (Lipinski definition) is 0. The monoisotopic (exact) mass is 285 g/mol. The third kappa shape index (κ3) is 5.37. The van der Waals surface area contributed by atoms with E-state index in [-0.39, 0.29) is 21.7 Å². The second-order valence-corrected chi connectivity index (χ2v) is 4.20. The van der Waals surface area contributed by atoms with Crippen molar-refractivity contribution in [3.05, 3.63) is 40.4 Å². The molecule has 0 amide bonds. The Bertz CT molecular complexity index is 367. The van der Waals surface area contributed by atoms with Crippen molar-refractivity contribution in [2.24, 2.45) is 0 Å². The molecular formula is C13H18O2PTi. The van der Waals surface area contributed by atoms with Crippen LogP contribution in [0.15, 0.2) is 18.2 Å². The molecule has 1 aromatic rings. The molecule has 0 fully saturated rings. The topological polar surface area (TPSA) is 46.1 Å². The summed E-state index contributed by atoms with van der Waals surface area (Å²) in [5.74, 6) is 3.40. The van der Waals surface area contributed by atoms with E-state index in [4.69, 9.17) is 10.2 Å². The van der Waals surface area contributed by atoms with E-state index in [1.165, 1.54) is 22.0 Å². The number of hydrogen-bond acceptors (Lipinski definition) is 2. The molecule has 1 radical (unpaired) electrons. The standard InChI is InChI=1S/C11H12P.2CH3O.Ti/c1-8-7-12-11(9(8)2)10-5-3-4-6-10;2*1-2;/h3-5,12H,6H2,1-2H3;2*1H3;/q3*-1;+3. The normalized spacial score (nSPS) is 12.0. The Hall–Kier alpha value is -0.106. The third-order valence-corrected chi connectivity index (χ3v) is 3.85. The zero-order chi connectivity index (χ0) is 12.6. The second-order valence-electron chi connectivity index (χ2n) is 3.20. The SMILES string of the molecule is C[O-].C[O-].Cc1[c-][pH]c(C2=CC=CC2)c1C.[Ti+3]. The molecule has 1 aromatic heterocycles. The summed E-state index contributed by atoms with van der Waals surface area (Å²) in [6, 6.07) is 0. The second kappa shape index (κ2) is 11.0. The van der Waals surface area contributed by atoms with Gasteiger partial charge in [-0.25, -0.2) is 0 Å². The van der Waals surface area contributed by atoms with Gasteiger partial charge in [0.05, 0.1) is 0 Å². The molecule has 0 aromatic carbocycles. The largest absolute Gasteiger partial charge is 3.00 e. The molecule has 1 atom stereocenters. The van der Waals surface area contributed by atoms with E-state index in [2.05, 4.69) is 37.9 Å². The first-order valence-corrected chi connectivity index (χ1v) is 6.03. The van der Waals surface area contributed by atoms with Crippen LogP contribution in [0.5, 0.6) is 0 Å². The van der Waals surface area contributed by atoms with Gasteiger partial charge in [0.25, 0.3) is 0 Å². The molecule has 1 aliphatic rings. The number of rotatable bonds is 1. The Morgan fingerprint density at radius 2 is 1.76 bits per heavy atom. The van der Waals surface area contributed by atoms with Crippen LogP contribution in [0, 0.1) is 19.6 Å². The molecule has 0 spiro atoms. The molecule has 1 aliphatic carbocycles. The zero-order valence-electron chi connectivity index (χ0n) is 10.8. The molecule has 0 bridgehead atoms. The zero-order valence-corrected chi connectivity index (χ0v) is 13.3. The van der Waals surface area contributed by atoms with E-state index in [1.54, 1.807) is 0 Å². The number of aryl methyl sites for hydroxylation is 1. The fourth-order valence-corrected chi connectivity index (χ4v) is 2.71. The van der Waals surface area contributed by atoms with E-state index < -0.39 is 0 Å². The van der Waals surface area contributed by atoms with Crippen molar-refractivity contribution < 1.29 is 31.9 Å². The van der Waals surface area contributed by atoms with Crippen LogP contribution in [0.2, 0.25) is 0 Å². The molecule has 17 heavy (non-hydrogen) atoms. The van der Waals surface area contributed by atoms with Crippen LogP contribution < -0.4 is 10.2 Å². The van der Waals surface area contributed by atoms with E-state index in [9.17, 15) is 0 Å². The minimum atomic E-state index is 0. The first-order chi connectivity index (χ1) is 7.79. The third-order valence-electron chi connectivity index (χ3n) is 2.40. The molecule has 91 valence electrons. The molecule has 4 heteroatoms. The van der Waals surface area contributed by atoms with Crippen molar-refractivity contribution >= 4 is 13.8 Å². The fourth-order valence-electron chi connectivity index (χ4n) is 1.49. The maximum Gasteiger partial charge on any atom is 3.00 e. The van der Waals surface area contributed by atoms with Crippen LogP contribution in [0.3, 0.4) is 0 Å². The van der Waals surface area contributed by atoms with Crippen LogP contribution >= 0.6 is 8.19 Å². The van der Waals surface area contributed by atoms with Crippen LogP contribution in [-0.2, 0) is 21.7 Å². The maximum absolute atomic E-state index is 8.25. The summed E-state index contributed by atoms with van der Waals surface area (Å²) in [4.78, 5) is 0. The van der Waals surface area contributed by atoms with Crippen LogP contribution in [0.1, 0.15) is 22.8 Å². The molecule has 2 nitrogen and oxygen atoms in total. The van der Waals surface area contributed by atoms with E-state index >= 15 is 0 Å². The first-order valence-electron chi connectivity index (χ1n) is 5.03. The number of allylic oxidation sites excluding steroid dienone is 4. The van der Waals surface area contributed by atoms with Gasteiger partial charge in [-0.3, -0.25) is 8.19 Å². The molecule has 0 saturated heterocycles. The Morgan fingerprint density at radius 1 is 1.18 bits per heavy atom. The predicted octanol–water partition coefficient (Wildman–Crippen LogP) is 1.43. The van der Waals surface area contributed by atoms with Gasteiger partial charge in [-0.05, 0) is 6.42 Å². The van der Waals surface area contributed by atoms with Gasteiger partial charge in [0, 0.05) is 0 Å². The average Bonchev–Trinajstić information content (AvgIpc) is 2.96. The molecule has 1 unspecified atom stereocenters. The molecular weight excluding hydrogens is 267 g/mol. The van der Waals surface area contributed by atoms with Gasteiger partial charge in [-0.2, -0.15) is 36.4 Å². The van der Waals surface area contributed by atoms with Crippen molar-refractivity contribution in [2.75, 3.05) is 14.2 Å². The molecule has 2 rings (SSSR count). The van der Waals surface area contributed by atoms with Gasteiger partial charge in [0.2, 0.25) is 0 Å². The Labute approximate surface area is 120 Å². The fraction of sp³-hybridized carbons (Fsp3) is 0.385. The minimum absolute atomic E-state index is 0. The Morgan fingerprint density at radius 3 is 2.12 bits per heavy atom. The van der Waals surface area contributed by atoms with Gasteiger partial charge in [0.15, 0.2) is 0 Å². The summed E-state index contributed by atoms with van der Waals surface area (Å²) in [5.41, 5.74) is 4.29. The summed E-state index contributed by atoms with van der Waals surface area (Å²) in [6.45, 7) is 4.36. The van der Waals surface area contributed by atoms with Crippen molar-refractivity contribution in [1.82, 2.24) is 0 Å². The van der Waals surface area contributed by atoms with Gasteiger partial charge in [-0.1, -0.05) is 37.6 Å². The van der Waals surface area contributed by atoms with Crippen LogP contribution in [0.4, 0.5) is 0 Å². The van der Waals surface area contributed by atoms with Crippen molar-refractivity contribution in [1.29, 1.82) is 0 Å². The quantitative estimate of drug-likeness (QED) is 0.579. The van der Waals surface area contributed by atoms with E-state index in [0.29, 0.717) is 0 Å². The summed E-state index contributed by atoms with van der Waals surface area (Å²) in [5, 5.41) is 18.0. The smallest absolute Gasteiger partial charge is 0.857 e. The van der Waals surface area contributed by atoms with Gasteiger partial charge in [0.1, 0.15) is 0 Å². The van der Waals surface area contributed by atoms with Crippen molar-refractivity contribution in [3.63, 3.8) is 0 Å². The Balaban J connectivity index is 0. The molecule has 0 saturated carbocycles. The van der Waals surface area contributed by atoms with Crippen molar-refractivity contribution in [3.8, 4) is 0 Å². The van der Waals surface area contributed by atoms with Crippen molar-refractivity contribution in [2.45, 2.75) is 20.3 Å². The van der Waals surface area contributed by atoms with Gasteiger partial charge < -0.3 is 10.2 Å². The van der Waals surface area contributed by atoms with Crippen LogP contribution in [-0.4, -0.2) is 14.2 Å². The predicted molar refractivity (Wildman–Crippen MR) is 67.8 cm³/mol. The van der Waals surface area contributed by atoms with Gasteiger partial charge in [-0.15, -0.1) is 0 Å². The Kier molecular flexibility index (Phi) is 12.5. The summed E-state index contributed by atoms with van der Waals surface area (Å²) in [7, 11) is 2.28. The average molecular weight is 285 g/mol. The molecule has 0 aliphatic heterocycles. The van der Waals surface area contributed by atoms with Crippen LogP contribution in [0.25, 0.3) is 5.57 Å². The van der Waals surface area contributed by atoms with Gasteiger partial charge >= 0.3 is 21.7 Å².